The summed E-state index contributed by atoms with van der Waals surface area (Å²) in [5.41, 5.74) is 2.53. The first kappa shape index (κ1) is 28.1. The van der Waals surface area contributed by atoms with E-state index in [0.29, 0.717) is 24.3 Å². The van der Waals surface area contributed by atoms with Gasteiger partial charge in [-0.2, -0.15) is 0 Å². The minimum absolute atomic E-state index is 0. The molecule has 0 saturated heterocycles. The zero-order valence-corrected chi connectivity index (χ0v) is 21.9. The smallest absolute Gasteiger partial charge is 0.748 e. The van der Waals surface area contributed by atoms with E-state index in [1.54, 1.807) is 12.1 Å². The predicted molar refractivity (Wildman–Crippen MR) is 126 cm³/mol. The van der Waals surface area contributed by atoms with E-state index in [-0.39, 0.29) is 48.1 Å². The number of benzene rings is 3. The number of rotatable bonds is 11. The van der Waals surface area contributed by atoms with Crippen molar-refractivity contribution >= 4 is 10.1 Å². The van der Waals surface area contributed by atoms with E-state index < -0.39 is 21.5 Å². The van der Waals surface area contributed by atoms with Crippen LogP contribution in [0.4, 0.5) is 0 Å². The summed E-state index contributed by atoms with van der Waals surface area (Å²) in [5, 5.41) is 18.4. The van der Waals surface area contributed by atoms with Crippen LogP contribution in [0.15, 0.2) is 91.0 Å². The number of allylic oxidation sites excluding steroid dienone is 1. The van der Waals surface area contributed by atoms with Gasteiger partial charge in [0.25, 0.3) is 0 Å². The van der Waals surface area contributed by atoms with Crippen LogP contribution in [0.3, 0.4) is 0 Å². The number of hydrogen-bond acceptors (Lipinski definition) is 6. The number of aliphatic hydroxyl groups excluding tert-OH is 1. The van der Waals surface area contributed by atoms with Gasteiger partial charge in [-0.3, -0.25) is 0 Å². The summed E-state index contributed by atoms with van der Waals surface area (Å²) in [4.78, 5) is 0. The topological polar surface area (TPSA) is 107 Å². The van der Waals surface area contributed by atoms with Crippen LogP contribution in [0.2, 0.25) is 0 Å². The van der Waals surface area contributed by atoms with Gasteiger partial charge in [0, 0.05) is 0 Å². The quantitative estimate of drug-likeness (QED) is 0.240. The molecule has 0 amide bonds. The monoisotopic (exact) mass is 490 g/mol. The molecule has 0 aliphatic heterocycles. The molecule has 0 aliphatic carbocycles. The molecular weight excluding hydrogens is 463 g/mol. The molecule has 0 aromatic heterocycles. The molecule has 0 aliphatic rings. The molecule has 0 radical (unpaired) electrons. The maximum absolute atomic E-state index is 11.7. The summed E-state index contributed by atoms with van der Waals surface area (Å²) in [7, 11) is -4.49. The Labute approximate surface area is 223 Å². The van der Waals surface area contributed by atoms with Crippen molar-refractivity contribution in [1.82, 2.24) is 0 Å². The first-order chi connectivity index (χ1) is 15.8. The third-order valence-corrected chi connectivity index (χ3v) is 6.53. The molecule has 2 atom stereocenters. The Morgan fingerprint density at radius 2 is 1.56 bits per heavy atom. The minimum atomic E-state index is -4.49. The normalized spacial score (nSPS) is 13.2. The van der Waals surface area contributed by atoms with Gasteiger partial charge in [0.05, 0.1) is 21.5 Å². The van der Waals surface area contributed by atoms with E-state index in [4.69, 9.17) is 4.74 Å². The molecular formula is C26H27NaO6S. The van der Waals surface area contributed by atoms with E-state index in [1.165, 1.54) is 24.3 Å². The number of phenols is 1. The van der Waals surface area contributed by atoms with Gasteiger partial charge >= 0.3 is 29.6 Å². The summed E-state index contributed by atoms with van der Waals surface area (Å²) >= 11 is 0. The van der Waals surface area contributed by atoms with Crippen LogP contribution in [0.1, 0.15) is 35.6 Å². The summed E-state index contributed by atoms with van der Waals surface area (Å²) < 4.78 is 40.9. The number of aliphatic hydroxyl groups is 1. The molecule has 2 unspecified atom stereocenters. The van der Waals surface area contributed by atoms with Gasteiger partial charge in [-0.25, -0.2) is 8.42 Å². The van der Waals surface area contributed by atoms with Crippen LogP contribution < -0.4 is 34.3 Å². The Balaban J connectivity index is 0.00000408. The van der Waals surface area contributed by atoms with E-state index in [2.05, 4.69) is 0 Å². The molecule has 34 heavy (non-hydrogen) atoms. The van der Waals surface area contributed by atoms with Crippen molar-refractivity contribution in [3.8, 4) is 11.5 Å². The van der Waals surface area contributed by atoms with Crippen molar-refractivity contribution < 1.29 is 57.5 Å². The first-order valence-electron chi connectivity index (χ1n) is 10.7. The van der Waals surface area contributed by atoms with E-state index in [1.807, 2.05) is 54.6 Å². The van der Waals surface area contributed by atoms with E-state index in [0.717, 1.165) is 11.1 Å². The predicted octanol–water partition coefficient (Wildman–Crippen LogP) is 1.50. The second-order valence-electron chi connectivity index (χ2n) is 7.77. The summed E-state index contributed by atoms with van der Waals surface area (Å²) in [6, 6.07) is 23.2. The van der Waals surface area contributed by atoms with Gasteiger partial charge < -0.3 is 19.5 Å². The molecule has 0 fully saturated rings. The molecule has 3 aromatic rings. The van der Waals surface area contributed by atoms with Gasteiger partial charge in [0.2, 0.25) is 0 Å². The minimum Gasteiger partial charge on any atom is -0.748 e. The van der Waals surface area contributed by atoms with Gasteiger partial charge in [-0.1, -0.05) is 66.7 Å². The Morgan fingerprint density at radius 1 is 0.912 bits per heavy atom. The van der Waals surface area contributed by atoms with E-state index >= 15 is 0 Å². The Kier molecular flexibility index (Phi) is 11.3. The summed E-state index contributed by atoms with van der Waals surface area (Å²) in [6.07, 6.45) is 2.62. The Hall–Kier alpha value is -2.13. The average molecular weight is 491 g/mol. The van der Waals surface area contributed by atoms with Crippen molar-refractivity contribution in [2.45, 2.75) is 37.2 Å². The molecule has 3 aromatic carbocycles. The van der Waals surface area contributed by atoms with Crippen LogP contribution in [-0.4, -0.2) is 28.4 Å². The zero-order valence-electron chi connectivity index (χ0n) is 19.1. The van der Waals surface area contributed by atoms with Gasteiger partial charge in [-0.05, 0) is 60.2 Å². The maximum Gasteiger partial charge on any atom is 1.00 e. The Bertz CT molecular complexity index is 1130. The number of aromatic hydroxyl groups is 1. The number of phenolic OH excluding ortho intramolecular Hbond substituents is 1. The summed E-state index contributed by atoms with van der Waals surface area (Å²) in [6.45, 7) is 0.457. The van der Waals surface area contributed by atoms with Gasteiger partial charge in [0.15, 0.2) is 0 Å². The SMILES string of the molecule is O=S(=O)([O-])C(CC=CC(O)c1ccc(O)cc1)CCc1ccc(OCc2ccccc2)cc1.[Na+]. The molecule has 0 heterocycles. The van der Waals surface area contributed by atoms with Crippen molar-refractivity contribution in [3.05, 3.63) is 108 Å². The van der Waals surface area contributed by atoms with Crippen LogP contribution in [-0.2, 0) is 23.1 Å². The van der Waals surface area contributed by atoms with Gasteiger partial charge in [-0.15, -0.1) is 0 Å². The molecule has 6 nitrogen and oxygen atoms in total. The fourth-order valence-electron chi connectivity index (χ4n) is 3.34. The second-order valence-corrected chi connectivity index (χ2v) is 9.42. The maximum atomic E-state index is 11.7. The zero-order chi connectivity index (χ0) is 23.7. The number of ether oxygens (including phenoxy) is 1. The standard InChI is InChI=1S/C26H28O6S.Na/c27-23-14-12-22(13-15-23)26(28)8-4-7-25(33(29,30)31)18-11-20-9-16-24(17-10-20)32-19-21-5-2-1-3-6-21;/h1-6,8-10,12-17,25-28H,7,11,18-19H2,(H,29,30,31);/q;+1/p-1. The average Bonchev–Trinajstić information content (AvgIpc) is 2.81. The van der Waals surface area contributed by atoms with Crippen LogP contribution in [0.5, 0.6) is 11.5 Å². The third-order valence-electron chi connectivity index (χ3n) is 5.29. The molecule has 3 rings (SSSR count). The Morgan fingerprint density at radius 3 is 2.18 bits per heavy atom. The van der Waals surface area contributed by atoms with Crippen LogP contribution in [0.25, 0.3) is 0 Å². The second kappa shape index (κ2) is 13.7. The van der Waals surface area contributed by atoms with Crippen LogP contribution in [0, 0.1) is 0 Å². The molecule has 2 N–H and O–H groups in total. The first-order valence-corrected chi connectivity index (χ1v) is 12.1. The molecule has 0 saturated carbocycles. The van der Waals surface area contributed by atoms with Gasteiger partial charge in [0.1, 0.15) is 18.1 Å². The number of aryl methyl sites for hydroxylation is 1. The molecule has 174 valence electrons. The van der Waals surface area contributed by atoms with Crippen LogP contribution >= 0.6 is 0 Å². The van der Waals surface area contributed by atoms with E-state index in [9.17, 15) is 23.2 Å². The van der Waals surface area contributed by atoms with Crippen molar-refractivity contribution in [1.29, 1.82) is 0 Å². The molecule has 0 bridgehead atoms. The fourth-order valence-corrected chi connectivity index (χ4v) is 4.10. The largest absolute Gasteiger partial charge is 1.00 e. The van der Waals surface area contributed by atoms with Crippen molar-refractivity contribution in [2.24, 2.45) is 0 Å². The van der Waals surface area contributed by atoms with Crippen molar-refractivity contribution in [2.75, 3.05) is 0 Å². The fraction of sp³-hybridized carbons (Fsp3) is 0.231. The summed E-state index contributed by atoms with van der Waals surface area (Å²) in [5.74, 6) is 0.796. The van der Waals surface area contributed by atoms with Crippen molar-refractivity contribution in [3.63, 3.8) is 0 Å². The number of hydrogen-bond donors (Lipinski definition) is 2. The third kappa shape index (κ3) is 9.25. The molecule has 0 spiro atoms. The molecule has 8 heteroatoms.